The molecular formula is C13H24O. The monoisotopic (exact) mass is 196 g/mol. The van der Waals surface area contributed by atoms with Gasteiger partial charge in [-0.3, -0.25) is 0 Å². The molecule has 14 heavy (non-hydrogen) atoms. The summed E-state index contributed by atoms with van der Waals surface area (Å²) in [5, 5.41) is 10.4. The second-order valence-electron chi connectivity index (χ2n) is 5.09. The van der Waals surface area contributed by atoms with Gasteiger partial charge in [0, 0.05) is 0 Å². The van der Waals surface area contributed by atoms with E-state index in [1.165, 1.54) is 6.42 Å². The Morgan fingerprint density at radius 3 is 2.43 bits per heavy atom. The van der Waals surface area contributed by atoms with Gasteiger partial charge >= 0.3 is 0 Å². The Balaban J connectivity index is 2.69. The van der Waals surface area contributed by atoms with Gasteiger partial charge in [-0.25, -0.2) is 0 Å². The third-order valence-electron chi connectivity index (χ3n) is 3.89. The minimum absolute atomic E-state index is 0.358. The first-order chi connectivity index (χ1) is 6.49. The fraction of sp³-hybridized carbons (Fsp3) is 0.846. The van der Waals surface area contributed by atoms with Gasteiger partial charge in [0.25, 0.3) is 0 Å². The molecule has 0 heterocycles. The summed E-state index contributed by atoms with van der Waals surface area (Å²) in [4.78, 5) is 0. The van der Waals surface area contributed by atoms with Crippen LogP contribution in [0, 0.1) is 17.8 Å². The molecule has 3 unspecified atom stereocenters. The number of rotatable bonds is 3. The molecule has 3 atom stereocenters. The molecule has 0 spiro atoms. The van der Waals surface area contributed by atoms with E-state index in [1.807, 2.05) is 0 Å². The van der Waals surface area contributed by atoms with Crippen LogP contribution in [-0.4, -0.2) is 10.7 Å². The molecule has 0 saturated carbocycles. The molecule has 1 nitrogen and oxygen atoms in total. The molecule has 0 fully saturated rings. The lowest BCUT2D eigenvalue weighted by Crippen LogP contribution is -2.39. The first kappa shape index (κ1) is 11.8. The summed E-state index contributed by atoms with van der Waals surface area (Å²) in [5.74, 6) is 1.59. The zero-order valence-electron chi connectivity index (χ0n) is 9.96. The summed E-state index contributed by atoms with van der Waals surface area (Å²) >= 11 is 0. The molecule has 0 bridgehead atoms. The SMILES string of the molecule is CCC1C=CC(O)(C(C)C(C)C)CC1. The Morgan fingerprint density at radius 2 is 2.07 bits per heavy atom. The van der Waals surface area contributed by atoms with Crippen molar-refractivity contribution in [3.8, 4) is 0 Å². The van der Waals surface area contributed by atoms with E-state index in [1.54, 1.807) is 0 Å². The average Bonchev–Trinajstić information content (AvgIpc) is 2.18. The van der Waals surface area contributed by atoms with Gasteiger partial charge in [0.05, 0.1) is 5.60 Å². The van der Waals surface area contributed by atoms with E-state index in [9.17, 15) is 5.11 Å². The predicted molar refractivity (Wildman–Crippen MR) is 61.1 cm³/mol. The molecular weight excluding hydrogens is 172 g/mol. The summed E-state index contributed by atoms with van der Waals surface area (Å²) in [6.45, 7) is 8.73. The van der Waals surface area contributed by atoms with Gasteiger partial charge < -0.3 is 5.11 Å². The number of aliphatic hydroxyl groups is 1. The van der Waals surface area contributed by atoms with Crippen LogP contribution in [0.4, 0.5) is 0 Å². The van der Waals surface area contributed by atoms with E-state index < -0.39 is 5.60 Å². The Kier molecular flexibility index (Phi) is 3.77. The normalized spacial score (nSPS) is 34.9. The van der Waals surface area contributed by atoms with Crippen molar-refractivity contribution in [3.63, 3.8) is 0 Å². The van der Waals surface area contributed by atoms with E-state index in [0.29, 0.717) is 17.8 Å². The van der Waals surface area contributed by atoms with Crippen molar-refractivity contribution in [1.29, 1.82) is 0 Å². The molecule has 1 aliphatic rings. The lowest BCUT2D eigenvalue weighted by Gasteiger charge is -2.37. The Hall–Kier alpha value is -0.300. The minimum atomic E-state index is -0.542. The minimum Gasteiger partial charge on any atom is -0.386 e. The highest BCUT2D eigenvalue weighted by Gasteiger charge is 2.35. The molecule has 1 aliphatic carbocycles. The highest BCUT2D eigenvalue weighted by atomic mass is 16.3. The smallest absolute Gasteiger partial charge is 0.0855 e. The van der Waals surface area contributed by atoms with Crippen molar-refractivity contribution >= 4 is 0 Å². The first-order valence-electron chi connectivity index (χ1n) is 5.91. The largest absolute Gasteiger partial charge is 0.386 e. The van der Waals surface area contributed by atoms with Crippen molar-refractivity contribution < 1.29 is 5.11 Å². The topological polar surface area (TPSA) is 20.2 Å². The van der Waals surface area contributed by atoms with Crippen LogP contribution in [-0.2, 0) is 0 Å². The summed E-state index contributed by atoms with van der Waals surface area (Å²) < 4.78 is 0. The summed E-state index contributed by atoms with van der Waals surface area (Å²) in [6, 6.07) is 0. The van der Waals surface area contributed by atoms with E-state index in [-0.39, 0.29) is 0 Å². The molecule has 0 aromatic rings. The molecule has 1 heteroatoms. The highest BCUT2D eigenvalue weighted by molar-refractivity contribution is 5.10. The molecule has 82 valence electrons. The fourth-order valence-electron chi connectivity index (χ4n) is 2.20. The second kappa shape index (κ2) is 4.48. The standard InChI is InChI=1S/C13H24O/c1-5-12-6-8-13(14,9-7-12)11(4)10(2)3/h6,8,10-12,14H,5,7,9H2,1-4H3. The van der Waals surface area contributed by atoms with E-state index in [0.717, 1.165) is 12.8 Å². The van der Waals surface area contributed by atoms with Crippen LogP contribution in [0.15, 0.2) is 12.2 Å². The third-order valence-corrected chi connectivity index (χ3v) is 3.89. The van der Waals surface area contributed by atoms with Crippen LogP contribution >= 0.6 is 0 Å². The summed E-state index contributed by atoms with van der Waals surface area (Å²) in [7, 11) is 0. The highest BCUT2D eigenvalue weighted by Crippen LogP contribution is 2.36. The van der Waals surface area contributed by atoms with Gasteiger partial charge in [-0.2, -0.15) is 0 Å². The maximum absolute atomic E-state index is 10.4. The Morgan fingerprint density at radius 1 is 1.43 bits per heavy atom. The Labute approximate surface area is 88.2 Å². The average molecular weight is 196 g/mol. The first-order valence-corrected chi connectivity index (χ1v) is 5.91. The second-order valence-corrected chi connectivity index (χ2v) is 5.09. The van der Waals surface area contributed by atoms with E-state index in [4.69, 9.17) is 0 Å². The van der Waals surface area contributed by atoms with Crippen molar-refractivity contribution in [2.45, 2.75) is 52.6 Å². The van der Waals surface area contributed by atoms with Gasteiger partial charge in [-0.1, -0.05) is 39.8 Å². The maximum Gasteiger partial charge on any atom is 0.0855 e. The van der Waals surface area contributed by atoms with Crippen LogP contribution < -0.4 is 0 Å². The lowest BCUT2D eigenvalue weighted by atomic mass is 9.73. The van der Waals surface area contributed by atoms with Gasteiger partial charge in [-0.15, -0.1) is 0 Å². The van der Waals surface area contributed by atoms with Crippen LogP contribution in [0.1, 0.15) is 47.0 Å². The molecule has 1 rings (SSSR count). The van der Waals surface area contributed by atoms with Gasteiger partial charge in [-0.05, 0) is 37.0 Å². The van der Waals surface area contributed by atoms with Crippen LogP contribution in [0.25, 0.3) is 0 Å². The van der Waals surface area contributed by atoms with Crippen molar-refractivity contribution in [1.82, 2.24) is 0 Å². The van der Waals surface area contributed by atoms with Gasteiger partial charge in [0.2, 0.25) is 0 Å². The predicted octanol–water partition coefficient (Wildman–Crippen LogP) is 3.39. The third kappa shape index (κ3) is 2.38. The molecule has 1 N–H and O–H groups in total. The van der Waals surface area contributed by atoms with E-state index >= 15 is 0 Å². The number of hydrogen-bond donors (Lipinski definition) is 1. The van der Waals surface area contributed by atoms with Crippen molar-refractivity contribution in [3.05, 3.63) is 12.2 Å². The molecule has 0 aromatic heterocycles. The molecule has 0 radical (unpaired) electrons. The van der Waals surface area contributed by atoms with Gasteiger partial charge in [0.1, 0.15) is 0 Å². The van der Waals surface area contributed by atoms with Crippen LogP contribution in [0.2, 0.25) is 0 Å². The van der Waals surface area contributed by atoms with E-state index in [2.05, 4.69) is 39.8 Å². The summed E-state index contributed by atoms with van der Waals surface area (Å²) in [6.07, 6.45) is 7.53. The zero-order valence-corrected chi connectivity index (χ0v) is 9.96. The van der Waals surface area contributed by atoms with Crippen molar-refractivity contribution in [2.75, 3.05) is 0 Å². The molecule has 0 aliphatic heterocycles. The quantitative estimate of drug-likeness (QED) is 0.686. The zero-order chi connectivity index (χ0) is 10.8. The number of allylic oxidation sites excluding steroid dienone is 1. The van der Waals surface area contributed by atoms with Crippen LogP contribution in [0.3, 0.4) is 0 Å². The lowest BCUT2D eigenvalue weighted by molar-refractivity contribution is -0.00164. The number of hydrogen-bond acceptors (Lipinski definition) is 1. The fourth-order valence-corrected chi connectivity index (χ4v) is 2.20. The molecule has 0 saturated heterocycles. The molecule has 0 amide bonds. The van der Waals surface area contributed by atoms with Gasteiger partial charge in [0.15, 0.2) is 0 Å². The maximum atomic E-state index is 10.4. The van der Waals surface area contributed by atoms with Crippen LogP contribution in [0.5, 0.6) is 0 Å². The Bertz CT molecular complexity index is 207. The van der Waals surface area contributed by atoms with Crippen molar-refractivity contribution in [2.24, 2.45) is 17.8 Å². The molecule has 0 aromatic carbocycles. The summed E-state index contributed by atoms with van der Waals surface area (Å²) in [5.41, 5.74) is -0.542.